The first-order valence-electron chi connectivity index (χ1n) is 5.57. The van der Waals surface area contributed by atoms with Gasteiger partial charge < -0.3 is 0 Å². The van der Waals surface area contributed by atoms with E-state index in [9.17, 15) is 9.59 Å². The van der Waals surface area contributed by atoms with Gasteiger partial charge >= 0.3 is 0 Å². The van der Waals surface area contributed by atoms with Crippen LogP contribution >= 0.6 is 0 Å². The summed E-state index contributed by atoms with van der Waals surface area (Å²) in [6.45, 7) is 7.88. The molecule has 1 aliphatic rings. The van der Waals surface area contributed by atoms with E-state index in [2.05, 4.69) is 13.5 Å². The quantitative estimate of drug-likeness (QED) is 0.524. The van der Waals surface area contributed by atoms with E-state index in [1.165, 1.54) is 4.90 Å². The molecule has 1 saturated heterocycles. The lowest BCUT2D eigenvalue weighted by molar-refractivity contribution is -0.154. The average molecular weight is 209 g/mol. The minimum Gasteiger partial charge on any atom is -0.278 e. The van der Waals surface area contributed by atoms with Crippen LogP contribution in [-0.4, -0.2) is 23.3 Å². The highest BCUT2D eigenvalue weighted by atomic mass is 16.2. The van der Waals surface area contributed by atoms with Crippen LogP contribution in [-0.2, 0) is 9.59 Å². The minimum atomic E-state index is -0.0488. The van der Waals surface area contributed by atoms with E-state index in [1.807, 2.05) is 6.92 Å². The fraction of sp³-hybridized carbons (Fsp3) is 0.667. The summed E-state index contributed by atoms with van der Waals surface area (Å²) in [6.07, 6.45) is 4.18. The molecule has 0 N–H and O–H groups in total. The third-order valence-electron chi connectivity index (χ3n) is 2.89. The standard InChI is InChI=1S/C12H19NO2/c1-4-6-10-8-9(3)11(14)13(7-5-2)12(10)15/h5,9-10H,2,4,6-8H2,1,3H3/t9-,10+/m1/s1. The molecule has 84 valence electrons. The first kappa shape index (κ1) is 12.0. The average Bonchev–Trinajstić information content (AvgIpc) is 2.21. The SMILES string of the molecule is C=CCN1C(=O)[C@@H](CCC)C[C@@H](C)C1=O. The Hall–Kier alpha value is -1.12. The van der Waals surface area contributed by atoms with Crippen LogP contribution in [0.15, 0.2) is 12.7 Å². The second-order valence-corrected chi connectivity index (χ2v) is 4.20. The van der Waals surface area contributed by atoms with E-state index < -0.39 is 0 Å². The highest BCUT2D eigenvalue weighted by Gasteiger charge is 2.37. The van der Waals surface area contributed by atoms with Crippen molar-refractivity contribution in [2.24, 2.45) is 11.8 Å². The highest BCUT2D eigenvalue weighted by molar-refractivity contribution is 5.99. The molecule has 0 spiro atoms. The topological polar surface area (TPSA) is 37.4 Å². The summed E-state index contributed by atoms with van der Waals surface area (Å²) in [5, 5.41) is 0. The summed E-state index contributed by atoms with van der Waals surface area (Å²) in [5.41, 5.74) is 0. The molecule has 3 nitrogen and oxygen atoms in total. The Kier molecular flexibility index (Phi) is 4.06. The molecule has 0 saturated carbocycles. The number of hydrogen-bond acceptors (Lipinski definition) is 2. The van der Waals surface area contributed by atoms with Gasteiger partial charge in [0.1, 0.15) is 0 Å². The predicted molar refractivity (Wildman–Crippen MR) is 59.1 cm³/mol. The number of hydrogen-bond donors (Lipinski definition) is 0. The van der Waals surface area contributed by atoms with Gasteiger partial charge in [0, 0.05) is 18.4 Å². The van der Waals surface area contributed by atoms with Crippen LogP contribution in [0.3, 0.4) is 0 Å². The molecule has 0 radical (unpaired) electrons. The van der Waals surface area contributed by atoms with Crippen LogP contribution in [0.4, 0.5) is 0 Å². The van der Waals surface area contributed by atoms with Gasteiger partial charge in [0.05, 0.1) is 0 Å². The summed E-state index contributed by atoms with van der Waals surface area (Å²) in [6, 6.07) is 0. The molecule has 1 fully saturated rings. The first-order valence-corrected chi connectivity index (χ1v) is 5.57. The Labute approximate surface area is 91.1 Å². The van der Waals surface area contributed by atoms with Crippen LogP contribution in [0.25, 0.3) is 0 Å². The van der Waals surface area contributed by atoms with E-state index in [-0.39, 0.29) is 23.7 Å². The van der Waals surface area contributed by atoms with E-state index >= 15 is 0 Å². The van der Waals surface area contributed by atoms with Gasteiger partial charge in [0.25, 0.3) is 0 Å². The van der Waals surface area contributed by atoms with Crippen molar-refractivity contribution in [3.05, 3.63) is 12.7 Å². The minimum absolute atomic E-state index is 0.0140. The molecule has 0 aromatic rings. The molecular formula is C12H19NO2. The van der Waals surface area contributed by atoms with Gasteiger partial charge in [-0.15, -0.1) is 6.58 Å². The number of carbonyl (C=O) groups is 2. The number of imide groups is 1. The summed E-state index contributed by atoms with van der Waals surface area (Å²) in [4.78, 5) is 25.0. The molecule has 2 amide bonds. The van der Waals surface area contributed by atoms with Gasteiger partial charge in [0.2, 0.25) is 11.8 Å². The number of likely N-dealkylation sites (tertiary alicyclic amines) is 1. The predicted octanol–water partition coefficient (Wildman–Crippen LogP) is 1.98. The number of piperidine rings is 1. The van der Waals surface area contributed by atoms with Crippen molar-refractivity contribution in [3.63, 3.8) is 0 Å². The number of amides is 2. The summed E-state index contributed by atoms with van der Waals surface area (Å²) in [7, 11) is 0. The lowest BCUT2D eigenvalue weighted by Gasteiger charge is -2.33. The summed E-state index contributed by atoms with van der Waals surface area (Å²) in [5.74, 6) is -0.0612. The van der Waals surface area contributed by atoms with Gasteiger partial charge in [-0.1, -0.05) is 26.3 Å². The maximum absolute atomic E-state index is 11.9. The third kappa shape index (κ3) is 2.46. The summed E-state index contributed by atoms with van der Waals surface area (Å²) >= 11 is 0. The normalized spacial score (nSPS) is 26.9. The van der Waals surface area contributed by atoms with Crippen LogP contribution in [0, 0.1) is 11.8 Å². The van der Waals surface area contributed by atoms with Gasteiger partial charge in [-0.05, 0) is 12.8 Å². The van der Waals surface area contributed by atoms with Crippen molar-refractivity contribution >= 4 is 11.8 Å². The second kappa shape index (κ2) is 5.10. The Morgan fingerprint density at radius 3 is 2.67 bits per heavy atom. The second-order valence-electron chi connectivity index (χ2n) is 4.20. The molecule has 1 rings (SSSR count). The Morgan fingerprint density at radius 1 is 1.47 bits per heavy atom. The number of nitrogens with zero attached hydrogens (tertiary/aromatic N) is 1. The van der Waals surface area contributed by atoms with Crippen LogP contribution in [0.2, 0.25) is 0 Å². The molecule has 0 aromatic heterocycles. The Morgan fingerprint density at radius 2 is 2.13 bits per heavy atom. The zero-order valence-corrected chi connectivity index (χ0v) is 9.53. The summed E-state index contributed by atoms with van der Waals surface area (Å²) < 4.78 is 0. The fourth-order valence-corrected chi connectivity index (χ4v) is 2.12. The van der Waals surface area contributed by atoms with Gasteiger partial charge in [-0.3, -0.25) is 14.5 Å². The van der Waals surface area contributed by atoms with Crippen molar-refractivity contribution < 1.29 is 9.59 Å². The zero-order chi connectivity index (χ0) is 11.4. The first-order chi connectivity index (χ1) is 7.11. The molecule has 0 bridgehead atoms. The van der Waals surface area contributed by atoms with Crippen molar-refractivity contribution in [2.45, 2.75) is 33.1 Å². The molecule has 0 aliphatic carbocycles. The highest BCUT2D eigenvalue weighted by Crippen LogP contribution is 2.27. The lowest BCUT2D eigenvalue weighted by atomic mass is 9.86. The van der Waals surface area contributed by atoms with Gasteiger partial charge in [-0.2, -0.15) is 0 Å². The van der Waals surface area contributed by atoms with Gasteiger partial charge in [0.15, 0.2) is 0 Å². The monoisotopic (exact) mass is 209 g/mol. The van der Waals surface area contributed by atoms with Gasteiger partial charge in [-0.25, -0.2) is 0 Å². The molecule has 0 aromatic carbocycles. The maximum atomic E-state index is 11.9. The molecule has 0 unspecified atom stereocenters. The molecule has 15 heavy (non-hydrogen) atoms. The van der Waals surface area contributed by atoms with Crippen molar-refractivity contribution in [2.75, 3.05) is 6.54 Å². The number of rotatable bonds is 4. The van der Waals surface area contributed by atoms with Crippen molar-refractivity contribution in [1.82, 2.24) is 4.90 Å². The molecular weight excluding hydrogens is 190 g/mol. The van der Waals surface area contributed by atoms with E-state index in [0.29, 0.717) is 13.0 Å². The number of carbonyl (C=O) groups excluding carboxylic acids is 2. The molecule has 3 heteroatoms. The third-order valence-corrected chi connectivity index (χ3v) is 2.89. The van der Waals surface area contributed by atoms with E-state index in [1.54, 1.807) is 6.08 Å². The van der Waals surface area contributed by atoms with Crippen molar-refractivity contribution in [3.8, 4) is 0 Å². The van der Waals surface area contributed by atoms with Crippen LogP contribution < -0.4 is 0 Å². The Bertz CT molecular complexity index is 273. The molecule has 1 heterocycles. The molecule has 2 atom stereocenters. The van der Waals surface area contributed by atoms with Crippen LogP contribution in [0.1, 0.15) is 33.1 Å². The zero-order valence-electron chi connectivity index (χ0n) is 9.53. The van der Waals surface area contributed by atoms with E-state index in [0.717, 1.165) is 12.8 Å². The largest absolute Gasteiger partial charge is 0.278 e. The smallest absolute Gasteiger partial charge is 0.232 e. The Balaban J connectivity index is 2.78. The maximum Gasteiger partial charge on any atom is 0.232 e. The van der Waals surface area contributed by atoms with Crippen molar-refractivity contribution in [1.29, 1.82) is 0 Å². The van der Waals surface area contributed by atoms with E-state index in [4.69, 9.17) is 0 Å². The molecule has 1 aliphatic heterocycles. The van der Waals surface area contributed by atoms with Crippen LogP contribution in [0.5, 0.6) is 0 Å². The fourth-order valence-electron chi connectivity index (χ4n) is 2.12. The lowest BCUT2D eigenvalue weighted by Crippen LogP contribution is -2.48.